The fraction of sp³-hybridized carbons (Fsp3) is 0.300. The average molecular weight is 395 g/mol. The molecule has 0 aliphatic carbocycles. The van der Waals surface area contributed by atoms with Crippen molar-refractivity contribution in [2.45, 2.75) is 20.3 Å². The maximum Gasteiger partial charge on any atom is 0.333 e. The number of esters is 1. The summed E-state index contributed by atoms with van der Waals surface area (Å²) in [5, 5.41) is 7.16. The number of H-pyrrole nitrogens is 1. The first kappa shape index (κ1) is 20.1. The monoisotopic (exact) mass is 395 g/mol. The van der Waals surface area contributed by atoms with E-state index in [-0.39, 0.29) is 37.0 Å². The van der Waals surface area contributed by atoms with E-state index in [2.05, 4.69) is 26.6 Å². The lowest BCUT2D eigenvalue weighted by Crippen LogP contribution is -2.12. The molecule has 9 heteroatoms. The molecule has 0 saturated heterocycles. The third-order valence-electron chi connectivity index (χ3n) is 4.08. The Kier molecular flexibility index (Phi) is 6.26. The molecule has 1 aromatic carbocycles. The van der Waals surface area contributed by atoms with Gasteiger partial charge in [0.15, 0.2) is 18.3 Å². The Morgan fingerprint density at radius 1 is 1.31 bits per heavy atom. The van der Waals surface area contributed by atoms with Gasteiger partial charge in [-0.25, -0.2) is 14.9 Å². The third kappa shape index (κ3) is 4.44. The van der Waals surface area contributed by atoms with E-state index < -0.39 is 5.97 Å². The number of hydrogen-bond acceptors (Lipinski definition) is 6. The lowest BCUT2D eigenvalue weighted by molar-refractivity contribution is -0.0387. The van der Waals surface area contributed by atoms with Gasteiger partial charge in [0, 0.05) is 5.56 Å². The maximum absolute atomic E-state index is 12.5. The summed E-state index contributed by atoms with van der Waals surface area (Å²) in [6.07, 6.45) is 0.820. The van der Waals surface area contributed by atoms with E-state index in [1.807, 2.05) is 31.2 Å². The number of aromatic amines is 1. The highest BCUT2D eigenvalue weighted by molar-refractivity contribution is 6.01. The first-order chi connectivity index (χ1) is 14.0. The molecule has 0 bridgehead atoms. The minimum atomic E-state index is -0.672. The van der Waals surface area contributed by atoms with Crippen molar-refractivity contribution < 1.29 is 19.0 Å². The molecule has 0 saturated carbocycles. The van der Waals surface area contributed by atoms with E-state index in [4.69, 9.17) is 20.8 Å². The first-order valence-electron chi connectivity index (χ1n) is 9.02. The van der Waals surface area contributed by atoms with E-state index in [9.17, 15) is 4.79 Å². The van der Waals surface area contributed by atoms with Gasteiger partial charge in [-0.15, -0.1) is 5.10 Å². The fourth-order valence-electron chi connectivity index (χ4n) is 2.71. The minimum absolute atomic E-state index is 0.00677. The lowest BCUT2D eigenvalue weighted by Gasteiger charge is -2.07. The van der Waals surface area contributed by atoms with Crippen LogP contribution in [0.25, 0.3) is 21.9 Å². The summed E-state index contributed by atoms with van der Waals surface area (Å²) in [6, 6.07) is 7.78. The van der Waals surface area contributed by atoms with Gasteiger partial charge in [0.25, 0.3) is 5.82 Å². The van der Waals surface area contributed by atoms with Crippen molar-refractivity contribution in [3.05, 3.63) is 59.1 Å². The van der Waals surface area contributed by atoms with Gasteiger partial charge in [0.2, 0.25) is 0 Å². The number of fused-ring (bicyclic) bond motifs is 1. The molecule has 0 spiro atoms. The summed E-state index contributed by atoms with van der Waals surface area (Å²) in [5.74, 6) is 0.353. The number of ether oxygens (including phenoxy) is 3. The Hall–Kier alpha value is -3.64. The number of nitrogens with zero attached hydrogens (tertiary/aromatic N) is 4. The summed E-state index contributed by atoms with van der Waals surface area (Å²) in [6.45, 7) is 14.8. The molecule has 0 fully saturated rings. The highest BCUT2D eigenvalue weighted by Crippen LogP contribution is 2.27. The van der Waals surface area contributed by atoms with Crippen LogP contribution in [-0.2, 0) is 20.6 Å². The summed E-state index contributed by atoms with van der Waals surface area (Å²) >= 11 is 0. The smallest absolute Gasteiger partial charge is 0.333 e. The van der Waals surface area contributed by atoms with Crippen molar-refractivity contribution >= 4 is 17.4 Å². The van der Waals surface area contributed by atoms with E-state index in [1.54, 1.807) is 6.92 Å². The molecule has 9 nitrogen and oxygen atoms in total. The lowest BCUT2D eigenvalue weighted by atomic mass is 10.1. The molecule has 0 aliphatic rings. The van der Waals surface area contributed by atoms with Crippen LogP contribution in [0.2, 0.25) is 0 Å². The van der Waals surface area contributed by atoms with Crippen molar-refractivity contribution in [1.29, 1.82) is 0 Å². The quantitative estimate of drug-likeness (QED) is 0.196. The Labute approximate surface area is 167 Å². The average Bonchev–Trinajstić information content (AvgIpc) is 3.27. The number of rotatable bonds is 9. The van der Waals surface area contributed by atoms with Gasteiger partial charge in [-0.2, -0.15) is 0 Å². The second-order valence-electron chi connectivity index (χ2n) is 6.14. The number of benzene rings is 1. The van der Waals surface area contributed by atoms with Gasteiger partial charge < -0.3 is 19.1 Å². The van der Waals surface area contributed by atoms with Crippen LogP contribution in [0.5, 0.6) is 0 Å². The number of aryl methyl sites for hydroxylation is 1. The predicted molar refractivity (Wildman–Crippen MR) is 105 cm³/mol. The third-order valence-corrected chi connectivity index (χ3v) is 4.08. The van der Waals surface area contributed by atoms with E-state index in [0.717, 1.165) is 17.5 Å². The first-order valence-corrected chi connectivity index (χ1v) is 9.02. The number of carbonyl (C=O) groups is 1. The molecule has 1 N–H and O–H groups in total. The van der Waals surface area contributed by atoms with E-state index in [0.29, 0.717) is 11.6 Å². The normalized spacial score (nSPS) is 10.7. The van der Waals surface area contributed by atoms with Crippen LogP contribution in [-0.4, -0.2) is 45.8 Å². The standard InChI is InChI=1S/C20H21N5O4/c1-5-14-8-6-7-9-15(14)17-22-19-16(18(21-4)24-25(19)23-17)20(26)28-11-10-27-12-29-13(2)3/h6-9,24H,2,5,10-12H2,1,3H3. The molecule has 0 atom stereocenters. The molecule has 0 amide bonds. The summed E-state index contributed by atoms with van der Waals surface area (Å²) in [4.78, 5) is 20.4. The summed E-state index contributed by atoms with van der Waals surface area (Å²) in [7, 11) is 0. The Bertz CT molecular complexity index is 1080. The molecule has 0 aliphatic heterocycles. The zero-order valence-electron chi connectivity index (χ0n) is 16.3. The molecule has 29 heavy (non-hydrogen) atoms. The zero-order chi connectivity index (χ0) is 20.8. The summed E-state index contributed by atoms with van der Waals surface area (Å²) in [5.41, 5.74) is 2.26. The topological polar surface area (TPSA) is 95.1 Å². The molecular formula is C20H21N5O4. The highest BCUT2D eigenvalue weighted by atomic mass is 16.7. The van der Waals surface area contributed by atoms with Crippen molar-refractivity contribution in [3.63, 3.8) is 0 Å². The molecule has 2 heterocycles. The van der Waals surface area contributed by atoms with Gasteiger partial charge in [0.05, 0.1) is 12.4 Å². The Balaban J connectivity index is 1.78. The Morgan fingerprint density at radius 2 is 2.10 bits per heavy atom. The summed E-state index contributed by atoms with van der Waals surface area (Å²) < 4.78 is 16.8. The van der Waals surface area contributed by atoms with Crippen LogP contribution < -0.4 is 0 Å². The zero-order valence-corrected chi connectivity index (χ0v) is 16.3. The predicted octanol–water partition coefficient (Wildman–Crippen LogP) is 3.52. The molecule has 3 rings (SSSR count). The van der Waals surface area contributed by atoms with Crippen molar-refractivity contribution in [3.8, 4) is 11.4 Å². The second kappa shape index (κ2) is 9.03. The van der Waals surface area contributed by atoms with Crippen LogP contribution in [0, 0.1) is 6.57 Å². The van der Waals surface area contributed by atoms with Crippen LogP contribution in [0.4, 0.5) is 5.82 Å². The van der Waals surface area contributed by atoms with Crippen molar-refractivity contribution in [2.24, 2.45) is 0 Å². The largest absolute Gasteiger partial charge is 0.473 e. The number of aromatic nitrogens is 4. The highest BCUT2D eigenvalue weighted by Gasteiger charge is 2.25. The van der Waals surface area contributed by atoms with Gasteiger partial charge in [0.1, 0.15) is 12.2 Å². The molecule has 150 valence electrons. The van der Waals surface area contributed by atoms with Crippen LogP contribution >= 0.6 is 0 Å². The van der Waals surface area contributed by atoms with Crippen molar-refractivity contribution in [2.75, 3.05) is 20.0 Å². The fourth-order valence-corrected chi connectivity index (χ4v) is 2.71. The molecule has 0 radical (unpaired) electrons. The van der Waals surface area contributed by atoms with Crippen LogP contribution in [0.3, 0.4) is 0 Å². The number of hydrogen-bond donors (Lipinski definition) is 1. The van der Waals surface area contributed by atoms with Gasteiger partial charge in [-0.05, 0) is 18.9 Å². The van der Waals surface area contributed by atoms with Crippen molar-refractivity contribution in [1.82, 2.24) is 19.8 Å². The Morgan fingerprint density at radius 3 is 2.83 bits per heavy atom. The number of allylic oxidation sites excluding steroid dienone is 1. The molecular weight excluding hydrogens is 374 g/mol. The maximum atomic E-state index is 12.5. The van der Waals surface area contributed by atoms with E-state index in [1.165, 1.54) is 4.63 Å². The van der Waals surface area contributed by atoms with Gasteiger partial charge in [-0.3, -0.25) is 0 Å². The SMILES string of the molecule is [C-]#[N+]c1[nH]n2nc(-c3ccccc3CC)nc2c1C(=O)OCCOCOC(=C)C. The second-order valence-corrected chi connectivity index (χ2v) is 6.14. The van der Waals surface area contributed by atoms with Crippen LogP contribution in [0.1, 0.15) is 29.8 Å². The van der Waals surface area contributed by atoms with Crippen LogP contribution in [0.15, 0.2) is 36.6 Å². The molecule has 0 unspecified atom stereocenters. The molecule has 3 aromatic rings. The van der Waals surface area contributed by atoms with Gasteiger partial charge >= 0.3 is 5.97 Å². The minimum Gasteiger partial charge on any atom is -0.473 e. The van der Waals surface area contributed by atoms with Gasteiger partial charge in [-0.1, -0.05) is 49.0 Å². The molecule has 2 aromatic heterocycles. The van der Waals surface area contributed by atoms with E-state index >= 15 is 0 Å². The number of nitrogens with one attached hydrogen (secondary N) is 1. The number of carbonyl (C=O) groups excluding carboxylic acids is 1.